The lowest BCUT2D eigenvalue weighted by molar-refractivity contribution is 0.0787. The van der Waals surface area contributed by atoms with Gasteiger partial charge in [0.1, 0.15) is 5.69 Å². The highest BCUT2D eigenvalue weighted by molar-refractivity contribution is 5.92. The highest BCUT2D eigenvalue weighted by Gasteiger charge is 2.12. The molecule has 0 aliphatic heterocycles. The minimum atomic E-state index is -0.0431. The van der Waals surface area contributed by atoms with E-state index in [1.54, 1.807) is 23.4 Å². The van der Waals surface area contributed by atoms with Crippen LogP contribution in [0.1, 0.15) is 35.8 Å². The second kappa shape index (κ2) is 8.12. The minimum Gasteiger partial charge on any atom is -0.381 e. The van der Waals surface area contributed by atoms with Crippen molar-refractivity contribution in [3.63, 3.8) is 0 Å². The van der Waals surface area contributed by atoms with Crippen LogP contribution in [0.3, 0.4) is 0 Å². The highest BCUT2D eigenvalue weighted by atomic mass is 16.2. The summed E-state index contributed by atoms with van der Waals surface area (Å²) in [5.41, 5.74) is 2.44. The molecule has 0 aliphatic rings. The minimum absolute atomic E-state index is 0.0431. The third-order valence-electron chi connectivity index (χ3n) is 3.39. The number of hydrogen-bond acceptors (Lipinski definition) is 4. The van der Waals surface area contributed by atoms with Crippen molar-refractivity contribution in [2.24, 2.45) is 0 Å². The monoisotopic (exact) mass is 298 g/mol. The standard InChI is InChI=1S/C17H22N4O/c1-3-4-10-21(2)17(22)16-11-15(7-9-19-16)20-13-14-6-5-8-18-12-14/h5-9,11-12H,3-4,10,13H2,1-2H3,(H,19,20). The summed E-state index contributed by atoms with van der Waals surface area (Å²) in [5.74, 6) is -0.0431. The molecule has 0 saturated carbocycles. The number of aromatic nitrogens is 2. The summed E-state index contributed by atoms with van der Waals surface area (Å²) in [4.78, 5) is 22.3. The van der Waals surface area contributed by atoms with Crippen molar-refractivity contribution in [2.45, 2.75) is 26.3 Å². The van der Waals surface area contributed by atoms with Crippen molar-refractivity contribution >= 4 is 11.6 Å². The molecule has 0 spiro atoms. The number of nitrogens with one attached hydrogen (secondary N) is 1. The van der Waals surface area contributed by atoms with E-state index in [0.29, 0.717) is 12.2 Å². The number of nitrogens with zero attached hydrogens (tertiary/aromatic N) is 3. The fraction of sp³-hybridized carbons (Fsp3) is 0.353. The van der Waals surface area contributed by atoms with Crippen LogP contribution in [0.2, 0.25) is 0 Å². The molecular formula is C17H22N4O. The summed E-state index contributed by atoms with van der Waals surface area (Å²) in [7, 11) is 1.81. The molecule has 1 N–H and O–H groups in total. The van der Waals surface area contributed by atoms with E-state index >= 15 is 0 Å². The summed E-state index contributed by atoms with van der Waals surface area (Å²) < 4.78 is 0. The SMILES string of the molecule is CCCCN(C)C(=O)c1cc(NCc2cccnc2)ccn1. The first-order valence-corrected chi connectivity index (χ1v) is 7.55. The van der Waals surface area contributed by atoms with Gasteiger partial charge in [-0.15, -0.1) is 0 Å². The van der Waals surface area contributed by atoms with Gasteiger partial charge in [-0.1, -0.05) is 19.4 Å². The van der Waals surface area contributed by atoms with E-state index in [2.05, 4.69) is 22.2 Å². The van der Waals surface area contributed by atoms with E-state index in [0.717, 1.165) is 30.6 Å². The number of pyridine rings is 2. The second-order valence-electron chi connectivity index (χ2n) is 5.22. The lowest BCUT2D eigenvalue weighted by Gasteiger charge is -2.16. The maximum Gasteiger partial charge on any atom is 0.272 e. The van der Waals surface area contributed by atoms with E-state index in [9.17, 15) is 4.79 Å². The maximum absolute atomic E-state index is 12.3. The molecule has 0 fully saturated rings. The van der Waals surface area contributed by atoms with Crippen LogP contribution in [0.15, 0.2) is 42.9 Å². The lowest BCUT2D eigenvalue weighted by Crippen LogP contribution is -2.28. The van der Waals surface area contributed by atoms with Crippen molar-refractivity contribution < 1.29 is 4.79 Å². The smallest absolute Gasteiger partial charge is 0.272 e. The Hall–Kier alpha value is -2.43. The molecule has 0 aliphatic carbocycles. The van der Waals surface area contributed by atoms with Gasteiger partial charge in [-0.2, -0.15) is 0 Å². The van der Waals surface area contributed by atoms with Crippen LogP contribution < -0.4 is 5.32 Å². The Morgan fingerprint density at radius 1 is 1.32 bits per heavy atom. The van der Waals surface area contributed by atoms with Gasteiger partial charge >= 0.3 is 0 Å². The van der Waals surface area contributed by atoms with Crippen molar-refractivity contribution in [1.29, 1.82) is 0 Å². The number of hydrogen-bond donors (Lipinski definition) is 1. The van der Waals surface area contributed by atoms with E-state index in [4.69, 9.17) is 0 Å². The largest absolute Gasteiger partial charge is 0.381 e. The summed E-state index contributed by atoms with van der Waals surface area (Å²) in [6.45, 7) is 3.53. The van der Waals surface area contributed by atoms with E-state index in [1.165, 1.54) is 0 Å². The average Bonchev–Trinajstić information content (AvgIpc) is 2.58. The lowest BCUT2D eigenvalue weighted by atomic mass is 10.2. The Bertz CT molecular complexity index is 601. The quantitative estimate of drug-likeness (QED) is 0.854. The van der Waals surface area contributed by atoms with Crippen molar-refractivity contribution in [3.8, 4) is 0 Å². The Labute approximate surface area is 131 Å². The van der Waals surface area contributed by atoms with Crippen LogP contribution in [0.5, 0.6) is 0 Å². The zero-order chi connectivity index (χ0) is 15.8. The molecule has 2 heterocycles. The van der Waals surface area contributed by atoms with Crippen LogP contribution in [0.4, 0.5) is 5.69 Å². The van der Waals surface area contributed by atoms with Gasteiger partial charge in [0.15, 0.2) is 0 Å². The van der Waals surface area contributed by atoms with E-state index in [1.807, 2.05) is 31.4 Å². The second-order valence-corrected chi connectivity index (χ2v) is 5.22. The first-order valence-electron chi connectivity index (χ1n) is 7.55. The number of amides is 1. The molecule has 0 atom stereocenters. The molecule has 0 aromatic carbocycles. The Kier molecular flexibility index (Phi) is 5.89. The fourth-order valence-corrected chi connectivity index (χ4v) is 2.06. The van der Waals surface area contributed by atoms with Crippen LogP contribution in [-0.2, 0) is 6.54 Å². The van der Waals surface area contributed by atoms with Gasteiger partial charge in [-0.05, 0) is 30.2 Å². The number of carbonyl (C=O) groups is 1. The molecular weight excluding hydrogens is 276 g/mol. The van der Waals surface area contributed by atoms with E-state index < -0.39 is 0 Å². The zero-order valence-electron chi connectivity index (χ0n) is 13.1. The Balaban J connectivity index is 1.98. The fourth-order valence-electron chi connectivity index (χ4n) is 2.06. The number of unbranched alkanes of at least 4 members (excludes halogenated alkanes) is 1. The van der Waals surface area contributed by atoms with E-state index in [-0.39, 0.29) is 5.91 Å². The third-order valence-corrected chi connectivity index (χ3v) is 3.39. The molecule has 1 amide bonds. The molecule has 116 valence electrons. The molecule has 2 rings (SSSR count). The maximum atomic E-state index is 12.3. The molecule has 0 radical (unpaired) electrons. The number of rotatable bonds is 7. The van der Waals surface area contributed by atoms with Gasteiger partial charge in [-0.25, -0.2) is 0 Å². The number of anilines is 1. The van der Waals surface area contributed by atoms with Crippen LogP contribution >= 0.6 is 0 Å². The first-order chi connectivity index (χ1) is 10.7. The van der Waals surface area contributed by atoms with Crippen molar-refractivity contribution in [1.82, 2.24) is 14.9 Å². The van der Waals surface area contributed by atoms with Gasteiger partial charge in [0.05, 0.1) is 0 Å². The zero-order valence-corrected chi connectivity index (χ0v) is 13.1. The molecule has 2 aromatic heterocycles. The molecule has 5 nitrogen and oxygen atoms in total. The summed E-state index contributed by atoms with van der Waals surface area (Å²) in [6.07, 6.45) is 7.29. The first kappa shape index (κ1) is 15.9. The van der Waals surface area contributed by atoms with Crippen molar-refractivity contribution in [3.05, 3.63) is 54.1 Å². The predicted molar refractivity (Wildman–Crippen MR) is 87.7 cm³/mol. The molecule has 0 bridgehead atoms. The third kappa shape index (κ3) is 4.55. The average molecular weight is 298 g/mol. The van der Waals surface area contributed by atoms with Gasteiger partial charge in [0.2, 0.25) is 0 Å². The highest BCUT2D eigenvalue weighted by Crippen LogP contribution is 2.11. The normalized spacial score (nSPS) is 10.3. The van der Waals surface area contributed by atoms with Crippen LogP contribution in [0.25, 0.3) is 0 Å². The van der Waals surface area contributed by atoms with Crippen molar-refractivity contribution in [2.75, 3.05) is 18.9 Å². The van der Waals surface area contributed by atoms with Gasteiger partial charge in [0, 0.05) is 44.4 Å². The van der Waals surface area contributed by atoms with Gasteiger partial charge in [0.25, 0.3) is 5.91 Å². The van der Waals surface area contributed by atoms with Crippen LogP contribution in [-0.4, -0.2) is 34.4 Å². The molecule has 0 saturated heterocycles. The summed E-state index contributed by atoms with van der Waals surface area (Å²) in [6, 6.07) is 7.56. The molecule has 2 aromatic rings. The topological polar surface area (TPSA) is 58.1 Å². The molecule has 5 heteroatoms. The molecule has 0 unspecified atom stereocenters. The van der Waals surface area contributed by atoms with Gasteiger partial charge < -0.3 is 10.2 Å². The van der Waals surface area contributed by atoms with Gasteiger partial charge in [-0.3, -0.25) is 14.8 Å². The molecule has 22 heavy (non-hydrogen) atoms. The number of carbonyl (C=O) groups excluding carboxylic acids is 1. The Morgan fingerprint density at radius 3 is 2.91 bits per heavy atom. The predicted octanol–water partition coefficient (Wildman–Crippen LogP) is 2.96. The summed E-state index contributed by atoms with van der Waals surface area (Å²) in [5, 5.41) is 3.29. The van der Waals surface area contributed by atoms with Crippen LogP contribution in [0, 0.1) is 0 Å². The summed E-state index contributed by atoms with van der Waals surface area (Å²) >= 11 is 0. The Morgan fingerprint density at radius 2 is 2.18 bits per heavy atom.